The van der Waals surface area contributed by atoms with Crippen molar-refractivity contribution in [3.63, 3.8) is 0 Å². The molecule has 102 valence electrons. The molecule has 0 aliphatic carbocycles. The van der Waals surface area contributed by atoms with E-state index < -0.39 is 0 Å². The van der Waals surface area contributed by atoms with Crippen molar-refractivity contribution < 1.29 is 5.11 Å². The van der Waals surface area contributed by atoms with Crippen molar-refractivity contribution in [2.24, 2.45) is 0 Å². The summed E-state index contributed by atoms with van der Waals surface area (Å²) in [6, 6.07) is 14.8. The predicted molar refractivity (Wildman–Crippen MR) is 82.9 cm³/mol. The highest BCUT2D eigenvalue weighted by atomic mass is 16.3. The summed E-state index contributed by atoms with van der Waals surface area (Å²) in [6.45, 7) is 5.23. The number of aliphatic hydroxyl groups is 1. The first-order valence-corrected chi connectivity index (χ1v) is 6.92. The molecule has 0 bridgehead atoms. The Morgan fingerprint density at radius 1 is 1.00 bits per heavy atom. The third kappa shape index (κ3) is 2.35. The van der Waals surface area contributed by atoms with Gasteiger partial charge in [0.2, 0.25) is 0 Å². The van der Waals surface area contributed by atoms with Crippen molar-refractivity contribution in [1.29, 1.82) is 0 Å². The monoisotopic (exact) mass is 265 g/mol. The number of rotatable bonds is 3. The zero-order valence-electron chi connectivity index (χ0n) is 11.9. The summed E-state index contributed by atoms with van der Waals surface area (Å²) < 4.78 is 2.25. The van der Waals surface area contributed by atoms with Crippen LogP contribution in [-0.2, 0) is 13.2 Å². The zero-order chi connectivity index (χ0) is 14.1. The number of hydrogen-bond donors (Lipinski definition) is 1. The standard InChI is InChI=1S/C18H19NO/c1-13-3-4-14(2)17(9-13)11-19-8-7-16-6-5-15(12-20)10-18(16)19/h3-10,20H,11-12H2,1-2H3. The van der Waals surface area contributed by atoms with E-state index >= 15 is 0 Å². The number of aromatic nitrogens is 1. The Bertz CT molecular complexity index is 755. The lowest BCUT2D eigenvalue weighted by Gasteiger charge is -2.10. The Hall–Kier alpha value is -2.06. The smallest absolute Gasteiger partial charge is 0.0682 e. The molecule has 0 fully saturated rings. The highest BCUT2D eigenvalue weighted by Crippen LogP contribution is 2.20. The molecule has 0 saturated carbocycles. The van der Waals surface area contributed by atoms with Gasteiger partial charge in [0.15, 0.2) is 0 Å². The summed E-state index contributed by atoms with van der Waals surface area (Å²) in [6.07, 6.45) is 2.12. The molecule has 0 aliphatic rings. The van der Waals surface area contributed by atoms with E-state index in [1.54, 1.807) is 0 Å². The number of benzene rings is 2. The molecule has 2 aromatic carbocycles. The summed E-state index contributed by atoms with van der Waals surface area (Å²) in [5.74, 6) is 0. The Labute approximate surface area is 119 Å². The van der Waals surface area contributed by atoms with Crippen LogP contribution in [0.15, 0.2) is 48.7 Å². The van der Waals surface area contributed by atoms with Crippen molar-refractivity contribution in [3.8, 4) is 0 Å². The Morgan fingerprint density at radius 2 is 1.85 bits per heavy atom. The molecule has 0 atom stereocenters. The average Bonchev–Trinajstić information content (AvgIpc) is 2.85. The normalized spacial score (nSPS) is 11.2. The van der Waals surface area contributed by atoms with Crippen molar-refractivity contribution in [1.82, 2.24) is 4.57 Å². The maximum atomic E-state index is 9.29. The van der Waals surface area contributed by atoms with Gasteiger partial charge in [0.25, 0.3) is 0 Å². The van der Waals surface area contributed by atoms with E-state index in [-0.39, 0.29) is 6.61 Å². The zero-order valence-corrected chi connectivity index (χ0v) is 11.9. The fourth-order valence-electron chi connectivity index (χ4n) is 2.62. The fraction of sp³-hybridized carbons (Fsp3) is 0.222. The average molecular weight is 265 g/mol. The second-order valence-corrected chi connectivity index (χ2v) is 5.42. The summed E-state index contributed by atoms with van der Waals surface area (Å²) in [7, 11) is 0. The highest BCUT2D eigenvalue weighted by molar-refractivity contribution is 5.81. The molecule has 1 aromatic heterocycles. The van der Waals surface area contributed by atoms with Crippen LogP contribution >= 0.6 is 0 Å². The number of nitrogens with zero attached hydrogens (tertiary/aromatic N) is 1. The SMILES string of the molecule is Cc1ccc(C)c(Cn2ccc3ccc(CO)cc32)c1. The molecule has 20 heavy (non-hydrogen) atoms. The fourth-order valence-corrected chi connectivity index (χ4v) is 2.62. The summed E-state index contributed by atoms with van der Waals surface area (Å²) >= 11 is 0. The van der Waals surface area contributed by atoms with Crippen LogP contribution < -0.4 is 0 Å². The van der Waals surface area contributed by atoms with Gasteiger partial charge in [0.1, 0.15) is 0 Å². The Balaban J connectivity index is 2.04. The molecular formula is C18H19NO. The molecule has 2 nitrogen and oxygen atoms in total. The summed E-state index contributed by atoms with van der Waals surface area (Å²) in [5, 5.41) is 10.5. The molecule has 0 spiro atoms. The van der Waals surface area contributed by atoms with Crippen LogP contribution in [0.1, 0.15) is 22.3 Å². The lowest BCUT2D eigenvalue weighted by atomic mass is 10.1. The van der Waals surface area contributed by atoms with Crippen molar-refractivity contribution >= 4 is 10.9 Å². The molecule has 2 heteroatoms. The first-order valence-electron chi connectivity index (χ1n) is 6.92. The van der Waals surface area contributed by atoms with Crippen LogP contribution in [0.2, 0.25) is 0 Å². The van der Waals surface area contributed by atoms with Crippen LogP contribution in [0, 0.1) is 13.8 Å². The molecule has 0 unspecified atom stereocenters. The van der Waals surface area contributed by atoms with Crippen molar-refractivity contribution in [2.75, 3.05) is 0 Å². The number of fused-ring (bicyclic) bond motifs is 1. The van der Waals surface area contributed by atoms with E-state index in [1.807, 2.05) is 6.07 Å². The first kappa shape index (κ1) is 12.9. The van der Waals surface area contributed by atoms with Crippen LogP contribution in [-0.4, -0.2) is 9.67 Å². The van der Waals surface area contributed by atoms with Crippen molar-refractivity contribution in [2.45, 2.75) is 27.0 Å². The second-order valence-electron chi connectivity index (χ2n) is 5.42. The lowest BCUT2D eigenvalue weighted by Crippen LogP contribution is -2.00. The summed E-state index contributed by atoms with van der Waals surface area (Å²) in [5.41, 5.74) is 6.08. The Kier molecular flexibility index (Phi) is 3.33. The lowest BCUT2D eigenvalue weighted by molar-refractivity contribution is 0.282. The molecule has 0 saturated heterocycles. The van der Waals surface area contributed by atoms with Crippen LogP contribution in [0.4, 0.5) is 0 Å². The third-order valence-electron chi connectivity index (χ3n) is 3.87. The number of aliphatic hydroxyl groups excluding tert-OH is 1. The largest absolute Gasteiger partial charge is 0.392 e. The van der Waals surface area contributed by atoms with Crippen molar-refractivity contribution in [3.05, 3.63) is 70.9 Å². The topological polar surface area (TPSA) is 25.2 Å². The maximum Gasteiger partial charge on any atom is 0.0682 e. The molecule has 0 radical (unpaired) electrons. The van der Waals surface area contributed by atoms with Gasteiger partial charge in [-0.1, -0.05) is 35.9 Å². The van der Waals surface area contributed by atoms with Gasteiger partial charge in [-0.15, -0.1) is 0 Å². The minimum absolute atomic E-state index is 0.0879. The Morgan fingerprint density at radius 3 is 2.65 bits per heavy atom. The minimum Gasteiger partial charge on any atom is -0.392 e. The van der Waals surface area contributed by atoms with Gasteiger partial charge in [0.05, 0.1) is 6.61 Å². The highest BCUT2D eigenvalue weighted by Gasteiger charge is 2.05. The van der Waals surface area contributed by atoms with E-state index in [0.29, 0.717) is 0 Å². The van der Waals surface area contributed by atoms with Gasteiger partial charge in [-0.3, -0.25) is 0 Å². The maximum absolute atomic E-state index is 9.29. The minimum atomic E-state index is 0.0879. The molecular weight excluding hydrogens is 246 g/mol. The van der Waals surface area contributed by atoms with Gasteiger partial charge in [-0.2, -0.15) is 0 Å². The van der Waals surface area contributed by atoms with E-state index in [4.69, 9.17) is 0 Å². The molecule has 0 aliphatic heterocycles. The molecule has 3 rings (SSSR count). The van der Waals surface area contributed by atoms with Gasteiger partial charge in [0, 0.05) is 18.3 Å². The second kappa shape index (κ2) is 5.14. The van der Waals surface area contributed by atoms with Gasteiger partial charge in [-0.25, -0.2) is 0 Å². The van der Waals surface area contributed by atoms with E-state index in [0.717, 1.165) is 12.1 Å². The van der Waals surface area contributed by atoms with E-state index in [1.165, 1.54) is 27.6 Å². The molecule has 0 amide bonds. The quantitative estimate of drug-likeness (QED) is 0.765. The van der Waals surface area contributed by atoms with Gasteiger partial charge < -0.3 is 9.67 Å². The predicted octanol–water partition coefficient (Wildman–Crippen LogP) is 3.80. The molecule has 1 heterocycles. The van der Waals surface area contributed by atoms with E-state index in [2.05, 4.69) is 61.0 Å². The van der Waals surface area contributed by atoms with E-state index in [9.17, 15) is 5.11 Å². The molecule has 3 aromatic rings. The first-order chi connectivity index (χ1) is 9.67. The van der Waals surface area contributed by atoms with Crippen LogP contribution in [0.3, 0.4) is 0 Å². The van der Waals surface area contributed by atoms with Gasteiger partial charge in [-0.05, 0) is 48.1 Å². The van der Waals surface area contributed by atoms with Gasteiger partial charge >= 0.3 is 0 Å². The number of hydrogen-bond acceptors (Lipinski definition) is 1. The third-order valence-corrected chi connectivity index (χ3v) is 3.87. The molecule has 1 N–H and O–H groups in total. The summed E-state index contributed by atoms with van der Waals surface area (Å²) in [4.78, 5) is 0. The van der Waals surface area contributed by atoms with Crippen LogP contribution in [0.25, 0.3) is 10.9 Å². The van der Waals surface area contributed by atoms with Crippen LogP contribution in [0.5, 0.6) is 0 Å². The number of aryl methyl sites for hydroxylation is 2.